The first kappa shape index (κ1) is 18.5. The molecule has 27 heavy (non-hydrogen) atoms. The summed E-state index contributed by atoms with van der Waals surface area (Å²) in [6.07, 6.45) is 3.92. The fourth-order valence-electron chi connectivity index (χ4n) is 2.55. The number of nitrogens with one attached hydrogen (secondary N) is 2. The molecule has 1 atom stereocenters. The quantitative estimate of drug-likeness (QED) is 0.798. The predicted molar refractivity (Wildman–Crippen MR) is 104 cm³/mol. The summed E-state index contributed by atoms with van der Waals surface area (Å²) >= 11 is 0. The van der Waals surface area contributed by atoms with Gasteiger partial charge >= 0.3 is 0 Å². The van der Waals surface area contributed by atoms with Crippen LogP contribution < -0.4 is 20.1 Å². The number of anilines is 1. The van der Waals surface area contributed by atoms with Crippen molar-refractivity contribution in [1.82, 2.24) is 5.32 Å². The van der Waals surface area contributed by atoms with Crippen molar-refractivity contribution in [2.45, 2.75) is 19.4 Å². The molecular weight excluding hydrogens is 344 g/mol. The summed E-state index contributed by atoms with van der Waals surface area (Å²) in [6, 6.07) is 14.0. The van der Waals surface area contributed by atoms with Gasteiger partial charge < -0.3 is 20.1 Å². The molecule has 0 spiro atoms. The third kappa shape index (κ3) is 5.34. The van der Waals surface area contributed by atoms with E-state index in [4.69, 9.17) is 9.47 Å². The van der Waals surface area contributed by atoms with Crippen LogP contribution in [0.5, 0.6) is 11.5 Å². The van der Waals surface area contributed by atoms with Crippen molar-refractivity contribution in [2.24, 2.45) is 0 Å². The Morgan fingerprint density at radius 2 is 1.78 bits per heavy atom. The van der Waals surface area contributed by atoms with Crippen LogP contribution >= 0.6 is 0 Å². The molecule has 0 radical (unpaired) electrons. The van der Waals surface area contributed by atoms with Gasteiger partial charge in [0.25, 0.3) is 0 Å². The molecule has 6 heteroatoms. The Hall–Kier alpha value is -3.28. The molecule has 1 aliphatic heterocycles. The summed E-state index contributed by atoms with van der Waals surface area (Å²) in [6.45, 7) is 2.82. The summed E-state index contributed by atoms with van der Waals surface area (Å²) in [5.41, 5.74) is 1.50. The number of amides is 2. The van der Waals surface area contributed by atoms with E-state index in [1.807, 2.05) is 30.3 Å². The molecule has 0 aliphatic carbocycles. The Labute approximate surface area is 158 Å². The summed E-state index contributed by atoms with van der Waals surface area (Å²) in [7, 11) is 0. The van der Waals surface area contributed by atoms with E-state index in [2.05, 4.69) is 10.6 Å². The predicted octanol–water partition coefficient (Wildman–Crippen LogP) is 3.00. The van der Waals surface area contributed by atoms with E-state index in [-0.39, 0.29) is 11.8 Å². The molecule has 0 saturated carbocycles. The molecule has 2 amide bonds. The van der Waals surface area contributed by atoms with Crippen LogP contribution in [-0.2, 0) is 9.59 Å². The summed E-state index contributed by atoms with van der Waals surface area (Å²) in [5, 5.41) is 5.43. The molecule has 0 saturated heterocycles. The summed E-state index contributed by atoms with van der Waals surface area (Å²) in [4.78, 5) is 24.3. The van der Waals surface area contributed by atoms with Gasteiger partial charge in [-0.2, -0.15) is 0 Å². The lowest BCUT2D eigenvalue weighted by Crippen LogP contribution is -2.40. The Kier molecular flexibility index (Phi) is 6.10. The van der Waals surface area contributed by atoms with Crippen LogP contribution in [0.25, 0.3) is 6.08 Å². The fraction of sp³-hybridized carbons (Fsp3) is 0.238. The van der Waals surface area contributed by atoms with Crippen LogP contribution in [0.3, 0.4) is 0 Å². The van der Waals surface area contributed by atoms with Gasteiger partial charge in [0.2, 0.25) is 11.8 Å². The minimum absolute atomic E-state index is 0.314. The molecule has 6 nitrogen and oxygen atoms in total. The van der Waals surface area contributed by atoms with Gasteiger partial charge in [0.05, 0.1) is 13.2 Å². The number of carbonyl (C=O) groups is 2. The van der Waals surface area contributed by atoms with Gasteiger partial charge in [0, 0.05) is 24.3 Å². The molecule has 0 bridgehead atoms. The molecular formula is C21H22N2O4. The molecule has 1 unspecified atom stereocenters. The second kappa shape index (κ2) is 8.89. The SMILES string of the molecule is CC(NC(=O)/C=C/c1ccccc1)C(=O)Nc1ccc2c(c1)OCCCO2. The number of carbonyl (C=O) groups excluding carboxylic acids is 2. The standard InChI is InChI=1S/C21H22N2O4/c1-15(22-20(24)11-8-16-6-3-2-4-7-16)21(25)23-17-9-10-18-19(14-17)27-13-5-12-26-18/h2-4,6-11,14-15H,5,12-13H2,1H3,(H,22,24)(H,23,25)/b11-8+. The van der Waals surface area contributed by atoms with Gasteiger partial charge in [0.1, 0.15) is 6.04 Å². The number of ether oxygens (including phenoxy) is 2. The Morgan fingerprint density at radius 3 is 2.56 bits per heavy atom. The van der Waals surface area contributed by atoms with Crippen LogP contribution in [0.4, 0.5) is 5.69 Å². The molecule has 140 valence electrons. The van der Waals surface area contributed by atoms with Crippen LogP contribution in [0.15, 0.2) is 54.6 Å². The number of hydrogen-bond donors (Lipinski definition) is 2. The lowest BCUT2D eigenvalue weighted by Gasteiger charge is -2.14. The smallest absolute Gasteiger partial charge is 0.246 e. The van der Waals surface area contributed by atoms with Gasteiger partial charge in [-0.15, -0.1) is 0 Å². The highest BCUT2D eigenvalue weighted by Crippen LogP contribution is 2.32. The lowest BCUT2D eigenvalue weighted by molar-refractivity contribution is -0.123. The highest BCUT2D eigenvalue weighted by Gasteiger charge is 2.16. The highest BCUT2D eigenvalue weighted by atomic mass is 16.5. The van der Waals surface area contributed by atoms with Crippen molar-refractivity contribution in [2.75, 3.05) is 18.5 Å². The molecule has 2 N–H and O–H groups in total. The zero-order valence-electron chi connectivity index (χ0n) is 15.1. The minimum atomic E-state index is -0.686. The first-order valence-corrected chi connectivity index (χ1v) is 8.86. The highest BCUT2D eigenvalue weighted by molar-refractivity contribution is 5.99. The fourth-order valence-corrected chi connectivity index (χ4v) is 2.55. The number of hydrogen-bond acceptors (Lipinski definition) is 4. The van der Waals surface area contributed by atoms with Crippen LogP contribution in [0.2, 0.25) is 0 Å². The third-order valence-electron chi connectivity index (χ3n) is 3.99. The van der Waals surface area contributed by atoms with E-state index in [9.17, 15) is 9.59 Å². The molecule has 2 aromatic rings. The van der Waals surface area contributed by atoms with Crippen molar-refractivity contribution in [3.05, 3.63) is 60.2 Å². The van der Waals surface area contributed by atoms with Crippen molar-refractivity contribution < 1.29 is 19.1 Å². The number of rotatable bonds is 5. The maximum Gasteiger partial charge on any atom is 0.246 e. The zero-order valence-corrected chi connectivity index (χ0v) is 15.1. The normalized spacial score (nSPS) is 14.3. The molecule has 2 aromatic carbocycles. The van der Waals surface area contributed by atoms with Crippen molar-refractivity contribution >= 4 is 23.6 Å². The Balaban J connectivity index is 1.55. The number of fused-ring (bicyclic) bond motifs is 1. The Bertz CT molecular complexity index is 833. The topological polar surface area (TPSA) is 76.7 Å². The molecule has 0 fully saturated rings. The summed E-state index contributed by atoms with van der Waals surface area (Å²) in [5.74, 6) is 0.622. The Morgan fingerprint density at radius 1 is 1.04 bits per heavy atom. The van der Waals surface area contributed by atoms with Crippen molar-refractivity contribution in [3.8, 4) is 11.5 Å². The third-order valence-corrected chi connectivity index (χ3v) is 3.99. The average molecular weight is 366 g/mol. The second-order valence-electron chi connectivity index (χ2n) is 6.18. The average Bonchev–Trinajstić information content (AvgIpc) is 2.92. The monoisotopic (exact) mass is 366 g/mol. The van der Waals surface area contributed by atoms with Crippen LogP contribution in [0, 0.1) is 0 Å². The van der Waals surface area contributed by atoms with E-state index >= 15 is 0 Å². The molecule has 0 aromatic heterocycles. The van der Waals surface area contributed by atoms with Gasteiger partial charge in [-0.25, -0.2) is 0 Å². The van der Waals surface area contributed by atoms with Crippen LogP contribution in [0.1, 0.15) is 18.9 Å². The van der Waals surface area contributed by atoms with Gasteiger partial charge in [-0.1, -0.05) is 30.3 Å². The minimum Gasteiger partial charge on any atom is -0.490 e. The lowest BCUT2D eigenvalue weighted by atomic mass is 10.2. The second-order valence-corrected chi connectivity index (χ2v) is 6.18. The molecule has 1 aliphatic rings. The first-order chi connectivity index (χ1) is 13.1. The zero-order chi connectivity index (χ0) is 19.1. The van der Waals surface area contributed by atoms with E-state index in [0.29, 0.717) is 30.4 Å². The summed E-state index contributed by atoms with van der Waals surface area (Å²) < 4.78 is 11.2. The largest absolute Gasteiger partial charge is 0.490 e. The van der Waals surface area contributed by atoms with E-state index in [0.717, 1.165) is 12.0 Å². The van der Waals surface area contributed by atoms with E-state index in [1.54, 1.807) is 31.2 Å². The van der Waals surface area contributed by atoms with Crippen LogP contribution in [-0.4, -0.2) is 31.1 Å². The first-order valence-electron chi connectivity index (χ1n) is 8.86. The molecule has 1 heterocycles. The van der Waals surface area contributed by atoms with Crippen molar-refractivity contribution in [3.63, 3.8) is 0 Å². The van der Waals surface area contributed by atoms with Crippen molar-refractivity contribution in [1.29, 1.82) is 0 Å². The van der Waals surface area contributed by atoms with Gasteiger partial charge in [0.15, 0.2) is 11.5 Å². The maximum absolute atomic E-state index is 12.3. The van der Waals surface area contributed by atoms with E-state index < -0.39 is 6.04 Å². The maximum atomic E-state index is 12.3. The van der Waals surface area contributed by atoms with Gasteiger partial charge in [-0.3, -0.25) is 9.59 Å². The van der Waals surface area contributed by atoms with E-state index in [1.165, 1.54) is 6.08 Å². The number of benzene rings is 2. The van der Waals surface area contributed by atoms with Gasteiger partial charge in [-0.05, 0) is 30.7 Å². The molecule has 3 rings (SSSR count).